The summed E-state index contributed by atoms with van der Waals surface area (Å²) in [6.45, 7) is 3.03. The fourth-order valence-electron chi connectivity index (χ4n) is 0.515. The predicted molar refractivity (Wildman–Crippen MR) is 36.6 cm³/mol. The van der Waals surface area contributed by atoms with Gasteiger partial charge in [0.1, 0.15) is 0 Å². The second-order valence-electron chi connectivity index (χ2n) is 1.92. The molecule has 0 saturated carbocycles. The molecule has 4 nitrogen and oxygen atoms in total. The number of aliphatic hydroxyl groups is 2. The van der Waals surface area contributed by atoms with Crippen LogP contribution in [0, 0.1) is 0 Å². The molecular weight excluding hydrogens is 134 g/mol. The average Bonchev–Trinajstić information content (AvgIpc) is 1.87. The molecule has 0 saturated heterocycles. The van der Waals surface area contributed by atoms with E-state index in [0.29, 0.717) is 6.42 Å². The Morgan fingerprint density at radius 1 is 1.60 bits per heavy atom. The molecule has 0 radical (unpaired) electrons. The quantitative estimate of drug-likeness (QED) is 0.421. The van der Waals surface area contributed by atoms with E-state index in [1.165, 1.54) is 0 Å². The molecular formula is C6H11NO3. The van der Waals surface area contributed by atoms with Crippen LogP contribution >= 0.6 is 0 Å². The van der Waals surface area contributed by atoms with Crippen molar-refractivity contribution < 1.29 is 15.0 Å². The van der Waals surface area contributed by atoms with E-state index >= 15 is 0 Å². The first-order valence-electron chi connectivity index (χ1n) is 3.02. The van der Waals surface area contributed by atoms with Crippen LogP contribution in [0.4, 0.5) is 0 Å². The first kappa shape index (κ1) is 9.26. The Bertz CT molecular complexity index is 122. The van der Waals surface area contributed by atoms with Crippen molar-refractivity contribution in [2.45, 2.75) is 25.6 Å². The SMILES string of the molecule is C=NC(=O)CCCC(O)O. The molecule has 0 atom stereocenters. The standard InChI is InChI=1S/C6H11NO3/c1-7-5(8)3-2-4-6(9)10/h6,9-10H,1-4H2. The van der Waals surface area contributed by atoms with E-state index in [2.05, 4.69) is 11.7 Å². The molecule has 58 valence electrons. The van der Waals surface area contributed by atoms with E-state index in [9.17, 15) is 4.79 Å². The lowest BCUT2D eigenvalue weighted by molar-refractivity contribution is -0.118. The molecule has 0 aromatic rings. The summed E-state index contributed by atoms with van der Waals surface area (Å²) in [4.78, 5) is 13.5. The number of aliphatic imine (C=N–C) groups is 1. The van der Waals surface area contributed by atoms with Gasteiger partial charge in [0.15, 0.2) is 6.29 Å². The van der Waals surface area contributed by atoms with Crippen LogP contribution in [0.15, 0.2) is 4.99 Å². The summed E-state index contributed by atoms with van der Waals surface area (Å²) < 4.78 is 0. The monoisotopic (exact) mass is 145 g/mol. The second-order valence-corrected chi connectivity index (χ2v) is 1.92. The lowest BCUT2D eigenvalue weighted by Crippen LogP contribution is -2.04. The molecule has 1 amide bonds. The van der Waals surface area contributed by atoms with E-state index in [4.69, 9.17) is 10.2 Å². The van der Waals surface area contributed by atoms with Crippen LogP contribution in [0.25, 0.3) is 0 Å². The second kappa shape index (κ2) is 5.08. The van der Waals surface area contributed by atoms with E-state index < -0.39 is 6.29 Å². The van der Waals surface area contributed by atoms with Gasteiger partial charge in [0.05, 0.1) is 0 Å². The number of carbonyl (C=O) groups is 1. The summed E-state index contributed by atoms with van der Waals surface area (Å²) in [5.74, 6) is -0.305. The van der Waals surface area contributed by atoms with Crippen molar-refractivity contribution in [2.24, 2.45) is 4.99 Å². The maximum Gasteiger partial charge on any atom is 0.245 e. The Hall–Kier alpha value is -0.740. The Balaban J connectivity index is 3.19. The van der Waals surface area contributed by atoms with Gasteiger partial charge in [-0.15, -0.1) is 0 Å². The van der Waals surface area contributed by atoms with Crippen molar-refractivity contribution in [2.75, 3.05) is 0 Å². The zero-order valence-electron chi connectivity index (χ0n) is 5.66. The Morgan fingerprint density at radius 3 is 2.60 bits per heavy atom. The molecule has 2 N–H and O–H groups in total. The van der Waals surface area contributed by atoms with E-state index in [1.54, 1.807) is 0 Å². The number of amides is 1. The zero-order chi connectivity index (χ0) is 7.98. The predicted octanol–water partition coefficient (Wildman–Crippen LogP) is -0.305. The largest absolute Gasteiger partial charge is 0.368 e. The maximum absolute atomic E-state index is 10.4. The first-order valence-corrected chi connectivity index (χ1v) is 3.02. The van der Waals surface area contributed by atoms with Gasteiger partial charge in [-0.25, -0.2) is 4.99 Å². The highest BCUT2D eigenvalue weighted by Crippen LogP contribution is 1.98. The van der Waals surface area contributed by atoms with Gasteiger partial charge in [0, 0.05) is 6.42 Å². The van der Waals surface area contributed by atoms with Crippen molar-refractivity contribution in [3.8, 4) is 0 Å². The zero-order valence-corrected chi connectivity index (χ0v) is 5.66. The normalized spacial score (nSPS) is 9.90. The molecule has 0 rings (SSSR count). The Kier molecular flexibility index (Phi) is 4.70. The van der Waals surface area contributed by atoms with Crippen LogP contribution in [-0.2, 0) is 4.79 Å². The Labute approximate surface area is 59.2 Å². The maximum atomic E-state index is 10.4. The summed E-state index contributed by atoms with van der Waals surface area (Å²) in [5.41, 5.74) is 0. The number of carbonyl (C=O) groups excluding carboxylic acids is 1. The number of aliphatic hydroxyl groups excluding tert-OH is 1. The van der Waals surface area contributed by atoms with Gasteiger partial charge in [-0.05, 0) is 19.6 Å². The van der Waals surface area contributed by atoms with Crippen LogP contribution in [0.2, 0.25) is 0 Å². The third-order valence-corrected chi connectivity index (χ3v) is 1.03. The molecule has 0 bridgehead atoms. The molecule has 0 fully saturated rings. The fourth-order valence-corrected chi connectivity index (χ4v) is 0.515. The summed E-state index contributed by atoms with van der Waals surface area (Å²) in [5, 5.41) is 16.7. The minimum absolute atomic E-state index is 0.210. The van der Waals surface area contributed by atoms with E-state index in [1.807, 2.05) is 0 Å². The summed E-state index contributed by atoms with van der Waals surface area (Å²) in [6.07, 6.45) is -0.435. The van der Waals surface area contributed by atoms with Crippen molar-refractivity contribution in [3.05, 3.63) is 0 Å². The molecule has 0 heterocycles. The summed E-state index contributed by atoms with van der Waals surface area (Å²) >= 11 is 0. The van der Waals surface area contributed by atoms with E-state index in [-0.39, 0.29) is 18.7 Å². The van der Waals surface area contributed by atoms with Crippen LogP contribution in [0.1, 0.15) is 19.3 Å². The van der Waals surface area contributed by atoms with Gasteiger partial charge in [0.2, 0.25) is 5.91 Å². The highest BCUT2D eigenvalue weighted by atomic mass is 16.5. The van der Waals surface area contributed by atoms with Gasteiger partial charge < -0.3 is 10.2 Å². The molecule has 0 aliphatic heterocycles. The smallest absolute Gasteiger partial charge is 0.245 e. The van der Waals surface area contributed by atoms with Crippen LogP contribution in [-0.4, -0.2) is 29.1 Å². The van der Waals surface area contributed by atoms with E-state index in [0.717, 1.165) is 0 Å². The fraction of sp³-hybridized carbons (Fsp3) is 0.667. The van der Waals surface area contributed by atoms with Crippen LogP contribution in [0.3, 0.4) is 0 Å². The van der Waals surface area contributed by atoms with Crippen LogP contribution < -0.4 is 0 Å². The molecule has 0 spiro atoms. The topological polar surface area (TPSA) is 69.9 Å². The van der Waals surface area contributed by atoms with Crippen molar-refractivity contribution >= 4 is 12.6 Å². The van der Waals surface area contributed by atoms with Gasteiger partial charge in [0.25, 0.3) is 0 Å². The average molecular weight is 145 g/mol. The molecule has 0 aliphatic carbocycles. The third-order valence-electron chi connectivity index (χ3n) is 1.03. The highest BCUT2D eigenvalue weighted by molar-refractivity contribution is 5.80. The third kappa shape index (κ3) is 5.40. The lowest BCUT2D eigenvalue weighted by Gasteiger charge is -1.99. The highest BCUT2D eigenvalue weighted by Gasteiger charge is 2.00. The van der Waals surface area contributed by atoms with Gasteiger partial charge >= 0.3 is 0 Å². The molecule has 0 aromatic carbocycles. The number of rotatable bonds is 4. The van der Waals surface area contributed by atoms with Gasteiger partial charge in [-0.1, -0.05) is 0 Å². The number of hydrogen-bond donors (Lipinski definition) is 2. The minimum Gasteiger partial charge on any atom is -0.368 e. The van der Waals surface area contributed by atoms with Crippen molar-refractivity contribution in [1.29, 1.82) is 0 Å². The van der Waals surface area contributed by atoms with Gasteiger partial charge in [-0.2, -0.15) is 0 Å². The number of hydrogen-bond acceptors (Lipinski definition) is 3. The van der Waals surface area contributed by atoms with Crippen molar-refractivity contribution in [3.63, 3.8) is 0 Å². The number of nitrogens with zero attached hydrogens (tertiary/aromatic N) is 1. The minimum atomic E-state index is -1.32. The molecule has 0 aliphatic rings. The first-order chi connectivity index (χ1) is 4.66. The van der Waals surface area contributed by atoms with Crippen molar-refractivity contribution in [1.82, 2.24) is 0 Å². The summed E-state index contributed by atoms with van der Waals surface area (Å²) in [7, 11) is 0. The molecule has 0 aromatic heterocycles. The lowest BCUT2D eigenvalue weighted by atomic mass is 10.2. The molecule has 0 unspecified atom stereocenters. The molecule has 10 heavy (non-hydrogen) atoms. The van der Waals surface area contributed by atoms with Crippen LogP contribution in [0.5, 0.6) is 0 Å². The van der Waals surface area contributed by atoms with Gasteiger partial charge in [-0.3, -0.25) is 4.79 Å². The summed E-state index contributed by atoms with van der Waals surface area (Å²) in [6, 6.07) is 0. The molecule has 4 heteroatoms. The Morgan fingerprint density at radius 2 is 2.20 bits per heavy atom.